The summed E-state index contributed by atoms with van der Waals surface area (Å²) in [6, 6.07) is 34.3. The van der Waals surface area contributed by atoms with Gasteiger partial charge in [0.1, 0.15) is 5.70 Å². The van der Waals surface area contributed by atoms with Gasteiger partial charge >= 0.3 is 6.03 Å². The SMILES string of the molecule is C[C@@H](NC(=O)c1ccc2c(c1)NC(=O)/C2=C(\NCc1ccc(N2C(=O)N/C(=C\c3ccncc3)C2=O)cc1)c1ccccc1)c1ccccc1. The van der Waals surface area contributed by atoms with E-state index in [-0.39, 0.29) is 23.6 Å². The molecule has 7 rings (SSSR count). The number of nitrogens with zero attached hydrogens (tertiary/aromatic N) is 2. The van der Waals surface area contributed by atoms with Gasteiger partial charge in [-0.2, -0.15) is 0 Å². The number of urea groups is 1. The number of aromatic nitrogens is 1. The smallest absolute Gasteiger partial charge is 0.333 e. The molecule has 0 unspecified atom stereocenters. The molecule has 4 aromatic carbocycles. The first-order chi connectivity index (χ1) is 24.4. The number of anilines is 2. The van der Waals surface area contributed by atoms with Crippen molar-refractivity contribution in [3.05, 3.63) is 167 Å². The maximum atomic E-state index is 13.5. The highest BCUT2D eigenvalue weighted by atomic mass is 16.2. The number of carbonyl (C=O) groups excluding carboxylic acids is 4. The number of amides is 5. The van der Waals surface area contributed by atoms with Crippen molar-refractivity contribution in [1.29, 1.82) is 0 Å². The van der Waals surface area contributed by atoms with Gasteiger partial charge in [0.15, 0.2) is 0 Å². The highest BCUT2D eigenvalue weighted by Crippen LogP contribution is 2.37. The normalized spacial score (nSPS) is 16.1. The van der Waals surface area contributed by atoms with Gasteiger partial charge in [-0.1, -0.05) is 78.9 Å². The molecule has 5 amide bonds. The van der Waals surface area contributed by atoms with E-state index in [1.54, 1.807) is 60.9 Å². The molecule has 10 nitrogen and oxygen atoms in total. The molecule has 1 saturated heterocycles. The average Bonchev–Trinajstić information content (AvgIpc) is 3.62. The molecule has 0 spiro atoms. The monoisotopic (exact) mass is 660 g/mol. The molecule has 246 valence electrons. The van der Waals surface area contributed by atoms with Crippen molar-refractivity contribution >= 4 is 52.5 Å². The molecule has 5 aromatic rings. The lowest BCUT2D eigenvalue weighted by Gasteiger charge is -2.16. The summed E-state index contributed by atoms with van der Waals surface area (Å²) in [5, 5.41) is 12.1. The number of hydrogen-bond donors (Lipinski definition) is 4. The number of rotatable bonds is 9. The summed E-state index contributed by atoms with van der Waals surface area (Å²) in [6.07, 6.45) is 4.83. The summed E-state index contributed by atoms with van der Waals surface area (Å²) in [7, 11) is 0. The first-order valence-electron chi connectivity index (χ1n) is 16.1. The van der Waals surface area contributed by atoms with E-state index in [0.29, 0.717) is 40.3 Å². The van der Waals surface area contributed by atoms with Gasteiger partial charge in [-0.15, -0.1) is 0 Å². The third-order valence-electron chi connectivity index (χ3n) is 8.55. The summed E-state index contributed by atoms with van der Waals surface area (Å²) in [5.41, 5.74) is 6.77. The van der Waals surface area contributed by atoms with Gasteiger partial charge in [-0.3, -0.25) is 19.4 Å². The lowest BCUT2D eigenvalue weighted by Crippen LogP contribution is -2.30. The molecule has 0 radical (unpaired) electrons. The third-order valence-corrected chi connectivity index (χ3v) is 8.55. The van der Waals surface area contributed by atoms with E-state index < -0.39 is 11.9 Å². The quantitative estimate of drug-likeness (QED) is 0.109. The number of benzene rings is 4. The first-order valence-corrected chi connectivity index (χ1v) is 16.1. The van der Waals surface area contributed by atoms with Crippen LogP contribution in [0.15, 0.2) is 133 Å². The lowest BCUT2D eigenvalue weighted by molar-refractivity contribution is -0.114. The van der Waals surface area contributed by atoms with E-state index in [2.05, 4.69) is 26.3 Å². The van der Waals surface area contributed by atoms with Crippen molar-refractivity contribution in [1.82, 2.24) is 20.9 Å². The van der Waals surface area contributed by atoms with Crippen molar-refractivity contribution in [2.75, 3.05) is 10.2 Å². The minimum Gasteiger partial charge on any atom is -0.380 e. The van der Waals surface area contributed by atoms with Crippen LogP contribution in [0.1, 0.15) is 51.1 Å². The van der Waals surface area contributed by atoms with E-state index >= 15 is 0 Å². The fourth-order valence-corrected chi connectivity index (χ4v) is 5.96. The van der Waals surface area contributed by atoms with Gasteiger partial charge in [-0.25, -0.2) is 9.69 Å². The molecule has 3 heterocycles. The van der Waals surface area contributed by atoms with Crippen LogP contribution in [0.3, 0.4) is 0 Å². The summed E-state index contributed by atoms with van der Waals surface area (Å²) < 4.78 is 0. The molecule has 0 saturated carbocycles. The van der Waals surface area contributed by atoms with Crippen molar-refractivity contribution in [3.63, 3.8) is 0 Å². The van der Waals surface area contributed by atoms with Crippen LogP contribution in [0.25, 0.3) is 17.3 Å². The van der Waals surface area contributed by atoms with Gasteiger partial charge in [0.25, 0.3) is 17.7 Å². The number of imide groups is 1. The summed E-state index contributed by atoms with van der Waals surface area (Å²) >= 11 is 0. The minimum absolute atomic E-state index is 0.177. The predicted octanol–water partition coefficient (Wildman–Crippen LogP) is 6.28. The Kier molecular flexibility index (Phi) is 8.73. The molecule has 2 aliphatic heterocycles. The molecule has 0 aliphatic carbocycles. The van der Waals surface area contributed by atoms with Crippen molar-refractivity contribution in [3.8, 4) is 0 Å². The molecule has 2 aliphatic rings. The van der Waals surface area contributed by atoms with Crippen molar-refractivity contribution < 1.29 is 19.2 Å². The van der Waals surface area contributed by atoms with Crippen LogP contribution < -0.4 is 26.2 Å². The standard InChI is InChI=1S/C40H32N6O4/c1-25(28-8-4-2-5-9-28)43-37(47)30-14-17-32-33(23-30)44-38(48)35(32)36(29-10-6-3-7-11-29)42-24-27-12-15-31(16-13-27)46-39(49)34(45-40(46)50)22-26-18-20-41-21-19-26/h2-23,25,42H,24H2,1H3,(H,43,47)(H,44,48)(H,45,50)/b34-22-,36-35-/t25-/m1/s1. The maximum absolute atomic E-state index is 13.5. The predicted molar refractivity (Wildman–Crippen MR) is 192 cm³/mol. The highest BCUT2D eigenvalue weighted by Gasteiger charge is 2.35. The van der Waals surface area contributed by atoms with E-state index in [4.69, 9.17) is 0 Å². The molecular formula is C40H32N6O4. The Labute approximate surface area is 288 Å². The Bertz CT molecular complexity index is 2160. The minimum atomic E-state index is -0.533. The zero-order valence-corrected chi connectivity index (χ0v) is 27.0. The molecule has 50 heavy (non-hydrogen) atoms. The highest BCUT2D eigenvalue weighted by molar-refractivity contribution is 6.36. The molecule has 1 aromatic heterocycles. The number of hydrogen-bond acceptors (Lipinski definition) is 6. The zero-order valence-electron chi connectivity index (χ0n) is 27.0. The maximum Gasteiger partial charge on any atom is 0.333 e. The molecule has 1 atom stereocenters. The average molecular weight is 661 g/mol. The van der Waals surface area contributed by atoms with E-state index in [9.17, 15) is 19.2 Å². The van der Waals surface area contributed by atoms with Crippen LogP contribution in [-0.4, -0.2) is 28.7 Å². The van der Waals surface area contributed by atoms with E-state index in [1.807, 2.05) is 79.7 Å². The lowest BCUT2D eigenvalue weighted by atomic mass is 9.98. The molecule has 4 N–H and O–H groups in total. The topological polar surface area (TPSA) is 133 Å². The molecular weight excluding hydrogens is 628 g/mol. The second kappa shape index (κ2) is 13.7. The summed E-state index contributed by atoms with van der Waals surface area (Å²) in [4.78, 5) is 57.6. The Morgan fingerprint density at radius 2 is 1.52 bits per heavy atom. The zero-order chi connectivity index (χ0) is 34.6. The number of carbonyl (C=O) groups is 4. The van der Waals surface area contributed by atoms with Crippen LogP contribution in [0, 0.1) is 0 Å². The Morgan fingerprint density at radius 3 is 2.24 bits per heavy atom. The van der Waals surface area contributed by atoms with Crippen LogP contribution in [-0.2, 0) is 16.1 Å². The van der Waals surface area contributed by atoms with Crippen molar-refractivity contribution in [2.24, 2.45) is 0 Å². The van der Waals surface area contributed by atoms with Gasteiger partial charge in [0.2, 0.25) is 0 Å². The fourth-order valence-electron chi connectivity index (χ4n) is 5.96. The van der Waals surface area contributed by atoms with Gasteiger partial charge < -0.3 is 21.3 Å². The molecule has 10 heteroatoms. The van der Waals surface area contributed by atoms with E-state index in [1.165, 1.54) is 0 Å². The van der Waals surface area contributed by atoms with Gasteiger partial charge in [0.05, 0.1) is 23.0 Å². The van der Waals surface area contributed by atoms with Crippen LogP contribution in [0.5, 0.6) is 0 Å². The number of nitrogens with one attached hydrogen (secondary N) is 4. The Balaban J connectivity index is 1.11. The van der Waals surface area contributed by atoms with Gasteiger partial charge in [-0.05, 0) is 71.7 Å². The molecule has 1 fully saturated rings. The van der Waals surface area contributed by atoms with Crippen LogP contribution >= 0.6 is 0 Å². The Morgan fingerprint density at radius 1 is 0.820 bits per heavy atom. The second-order valence-corrected chi connectivity index (χ2v) is 11.9. The van der Waals surface area contributed by atoms with Crippen LogP contribution in [0.4, 0.5) is 16.2 Å². The fraction of sp³-hybridized carbons (Fsp3) is 0.0750. The second-order valence-electron chi connectivity index (χ2n) is 11.9. The van der Waals surface area contributed by atoms with Crippen molar-refractivity contribution in [2.45, 2.75) is 19.5 Å². The number of fused-ring (bicyclic) bond motifs is 1. The first kappa shape index (κ1) is 31.8. The Hall–Kier alpha value is -6.81. The largest absolute Gasteiger partial charge is 0.380 e. The molecule has 0 bridgehead atoms. The van der Waals surface area contributed by atoms with Gasteiger partial charge in [0, 0.05) is 35.8 Å². The van der Waals surface area contributed by atoms with Crippen LogP contribution in [0.2, 0.25) is 0 Å². The number of pyridine rings is 1. The summed E-state index contributed by atoms with van der Waals surface area (Å²) in [6.45, 7) is 2.28. The van der Waals surface area contributed by atoms with E-state index in [0.717, 1.165) is 27.2 Å². The summed E-state index contributed by atoms with van der Waals surface area (Å²) in [5.74, 6) is -0.980. The third kappa shape index (κ3) is 6.50.